The molecular weight excluding hydrogens is 274 g/mol. The predicted octanol–water partition coefficient (Wildman–Crippen LogP) is 3.29. The molecule has 1 aromatic heterocycles. The smallest absolute Gasteiger partial charge is 0.227 e. The minimum Gasteiger partial charge on any atom is -0.357 e. The van der Waals surface area contributed by atoms with Crippen LogP contribution in [0.25, 0.3) is 22.5 Å². The summed E-state index contributed by atoms with van der Waals surface area (Å²) in [5.41, 5.74) is 3.31. The molecule has 0 aliphatic carbocycles. The summed E-state index contributed by atoms with van der Waals surface area (Å²) in [6.45, 7) is 0. The summed E-state index contributed by atoms with van der Waals surface area (Å²) in [5.74, 6) is 1.73. The zero-order valence-corrected chi connectivity index (χ0v) is 12.5. The van der Waals surface area contributed by atoms with Gasteiger partial charge >= 0.3 is 0 Å². The molecule has 0 fully saturated rings. The Morgan fingerprint density at radius 2 is 1.09 bits per heavy atom. The van der Waals surface area contributed by atoms with Crippen LogP contribution in [0, 0.1) is 0 Å². The van der Waals surface area contributed by atoms with Crippen molar-refractivity contribution in [2.24, 2.45) is 0 Å². The van der Waals surface area contributed by atoms with Gasteiger partial charge in [-0.25, -0.2) is 0 Å². The first-order valence-corrected chi connectivity index (χ1v) is 7.07. The molecule has 0 atom stereocenters. The molecule has 5 nitrogen and oxygen atoms in total. The first kappa shape index (κ1) is 14.0. The van der Waals surface area contributed by atoms with Crippen molar-refractivity contribution in [3.63, 3.8) is 0 Å². The maximum atomic E-state index is 4.40. The first-order valence-electron chi connectivity index (χ1n) is 7.07. The fourth-order valence-electron chi connectivity index (χ4n) is 2.17. The third kappa shape index (κ3) is 2.88. The largest absolute Gasteiger partial charge is 0.357 e. The Kier molecular flexibility index (Phi) is 3.96. The van der Waals surface area contributed by atoms with E-state index in [4.69, 9.17) is 0 Å². The van der Waals surface area contributed by atoms with Crippen molar-refractivity contribution >= 4 is 11.9 Å². The minimum atomic E-state index is 0.543. The molecule has 0 spiro atoms. The van der Waals surface area contributed by atoms with E-state index in [0.717, 1.165) is 5.56 Å². The van der Waals surface area contributed by atoms with Crippen LogP contribution in [-0.2, 0) is 0 Å². The second kappa shape index (κ2) is 6.22. The quantitative estimate of drug-likeness (QED) is 0.772. The highest BCUT2D eigenvalue weighted by Gasteiger charge is 2.07. The maximum Gasteiger partial charge on any atom is 0.227 e. The molecule has 3 aromatic rings. The van der Waals surface area contributed by atoms with Crippen LogP contribution < -0.4 is 10.6 Å². The summed E-state index contributed by atoms with van der Waals surface area (Å²) in [6, 6.07) is 18.5. The van der Waals surface area contributed by atoms with Gasteiger partial charge in [0.05, 0.1) is 0 Å². The number of rotatable bonds is 4. The zero-order chi connectivity index (χ0) is 15.4. The molecule has 110 valence electrons. The Morgan fingerprint density at radius 1 is 0.591 bits per heavy atom. The monoisotopic (exact) mass is 291 g/mol. The maximum absolute atomic E-state index is 4.40. The molecule has 0 unspecified atom stereocenters. The highest BCUT2D eigenvalue weighted by molar-refractivity contribution is 5.68. The van der Waals surface area contributed by atoms with Crippen molar-refractivity contribution in [2.45, 2.75) is 0 Å². The highest BCUT2D eigenvalue weighted by atomic mass is 15.2. The minimum absolute atomic E-state index is 0.543. The van der Waals surface area contributed by atoms with Gasteiger partial charge in [0.2, 0.25) is 11.9 Å². The van der Waals surface area contributed by atoms with Crippen LogP contribution in [0.5, 0.6) is 0 Å². The third-order valence-corrected chi connectivity index (χ3v) is 3.33. The van der Waals surface area contributed by atoms with Crippen LogP contribution in [-0.4, -0.2) is 29.0 Å². The lowest BCUT2D eigenvalue weighted by molar-refractivity contribution is 1.05. The number of nitrogens with one attached hydrogen (secondary N) is 2. The molecule has 22 heavy (non-hydrogen) atoms. The van der Waals surface area contributed by atoms with Crippen LogP contribution in [0.2, 0.25) is 0 Å². The molecule has 0 aliphatic heterocycles. The number of hydrogen-bond donors (Lipinski definition) is 2. The number of aromatic nitrogens is 3. The summed E-state index contributed by atoms with van der Waals surface area (Å²) in [4.78, 5) is 13.0. The van der Waals surface area contributed by atoms with Crippen molar-refractivity contribution in [1.82, 2.24) is 15.0 Å². The van der Waals surface area contributed by atoms with Crippen LogP contribution in [0.4, 0.5) is 11.9 Å². The second-order valence-corrected chi connectivity index (χ2v) is 4.75. The molecule has 0 saturated carbocycles. The van der Waals surface area contributed by atoms with E-state index in [1.54, 1.807) is 14.1 Å². The number of benzene rings is 2. The summed E-state index contributed by atoms with van der Waals surface area (Å²) in [5, 5.41) is 5.89. The van der Waals surface area contributed by atoms with E-state index in [0.29, 0.717) is 17.7 Å². The lowest BCUT2D eigenvalue weighted by Gasteiger charge is -2.07. The lowest BCUT2D eigenvalue weighted by Crippen LogP contribution is -2.05. The Balaban J connectivity index is 1.96. The van der Waals surface area contributed by atoms with E-state index in [-0.39, 0.29) is 0 Å². The van der Waals surface area contributed by atoms with Gasteiger partial charge in [-0.15, -0.1) is 0 Å². The Labute approximate surface area is 129 Å². The van der Waals surface area contributed by atoms with Crippen molar-refractivity contribution in [3.8, 4) is 22.5 Å². The van der Waals surface area contributed by atoms with Gasteiger partial charge in [-0.05, 0) is 11.1 Å². The standard InChI is InChI=1S/C17H17N5/c1-18-16-20-15(21-17(19-2)22-16)14-10-8-13(9-11-14)12-6-4-3-5-7-12/h3-11H,1-2H3,(H2,18,19,20,21,22). The Hall–Kier alpha value is -2.95. The van der Waals surface area contributed by atoms with Crippen molar-refractivity contribution < 1.29 is 0 Å². The third-order valence-electron chi connectivity index (χ3n) is 3.33. The molecule has 1 heterocycles. The SMILES string of the molecule is CNc1nc(NC)nc(-c2ccc(-c3ccccc3)cc2)n1. The molecule has 2 N–H and O–H groups in total. The average Bonchev–Trinajstić information content (AvgIpc) is 2.62. The van der Waals surface area contributed by atoms with E-state index in [1.807, 2.05) is 30.3 Å². The van der Waals surface area contributed by atoms with Gasteiger partial charge in [-0.3, -0.25) is 0 Å². The molecule has 0 amide bonds. The average molecular weight is 291 g/mol. The van der Waals surface area contributed by atoms with Crippen LogP contribution in [0.15, 0.2) is 54.6 Å². The van der Waals surface area contributed by atoms with Gasteiger partial charge < -0.3 is 10.6 Å². The van der Waals surface area contributed by atoms with Gasteiger partial charge in [0.15, 0.2) is 5.82 Å². The van der Waals surface area contributed by atoms with Gasteiger partial charge in [0, 0.05) is 19.7 Å². The number of anilines is 2. The summed E-state index contributed by atoms with van der Waals surface area (Å²) >= 11 is 0. The number of hydrogen-bond acceptors (Lipinski definition) is 5. The van der Waals surface area contributed by atoms with Gasteiger partial charge in [0.25, 0.3) is 0 Å². The molecule has 0 bridgehead atoms. The molecule has 0 saturated heterocycles. The van der Waals surface area contributed by atoms with E-state index in [9.17, 15) is 0 Å². The normalized spacial score (nSPS) is 10.3. The van der Waals surface area contributed by atoms with Gasteiger partial charge in [-0.2, -0.15) is 15.0 Å². The second-order valence-electron chi connectivity index (χ2n) is 4.75. The molecule has 2 aromatic carbocycles. The fraction of sp³-hybridized carbons (Fsp3) is 0.118. The fourth-order valence-corrected chi connectivity index (χ4v) is 2.17. The molecule has 3 rings (SSSR count). The lowest BCUT2D eigenvalue weighted by atomic mass is 10.0. The van der Waals surface area contributed by atoms with Gasteiger partial charge in [0.1, 0.15) is 0 Å². The van der Waals surface area contributed by atoms with E-state index in [1.165, 1.54) is 11.1 Å². The highest BCUT2D eigenvalue weighted by Crippen LogP contribution is 2.23. The summed E-state index contributed by atoms with van der Waals surface area (Å²) in [6.07, 6.45) is 0. The van der Waals surface area contributed by atoms with Gasteiger partial charge in [-0.1, -0.05) is 54.6 Å². The summed E-state index contributed by atoms with van der Waals surface area (Å²) < 4.78 is 0. The molecule has 0 aliphatic rings. The van der Waals surface area contributed by atoms with Crippen molar-refractivity contribution in [2.75, 3.05) is 24.7 Å². The van der Waals surface area contributed by atoms with Crippen molar-refractivity contribution in [1.29, 1.82) is 0 Å². The van der Waals surface area contributed by atoms with E-state index in [2.05, 4.69) is 49.9 Å². The predicted molar refractivity (Wildman–Crippen MR) is 89.8 cm³/mol. The Bertz CT molecular complexity index is 732. The summed E-state index contributed by atoms with van der Waals surface area (Å²) in [7, 11) is 3.58. The van der Waals surface area contributed by atoms with Crippen LogP contribution in [0.3, 0.4) is 0 Å². The van der Waals surface area contributed by atoms with Crippen LogP contribution >= 0.6 is 0 Å². The van der Waals surface area contributed by atoms with E-state index >= 15 is 0 Å². The van der Waals surface area contributed by atoms with Crippen LogP contribution in [0.1, 0.15) is 0 Å². The Morgan fingerprint density at radius 3 is 1.64 bits per heavy atom. The molecule has 5 heteroatoms. The first-order chi connectivity index (χ1) is 10.8. The molecular formula is C17H17N5. The van der Waals surface area contributed by atoms with Crippen molar-refractivity contribution in [3.05, 3.63) is 54.6 Å². The topological polar surface area (TPSA) is 62.7 Å². The molecule has 0 radical (unpaired) electrons. The zero-order valence-electron chi connectivity index (χ0n) is 12.5. The number of nitrogens with zero attached hydrogens (tertiary/aromatic N) is 3. The van der Waals surface area contributed by atoms with E-state index < -0.39 is 0 Å².